The van der Waals surface area contributed by atoms with Gasteiger partial charge in [0.05, 0.1) is 5.69 Å². The lowest BCUT2D eigenvalue weighted by molar-refractivity contribution is 0.410. The van der Waals surface area contributed by atoms with Crippen molar-refractivity contribution in [3.63, 3.8) is 0 Å². The smallest absolute Gasteiger partial charge is 0.232 e. The van der Waals surface area contributed by atoms with E-state index in [1.807, 2.05) is 6.07 Å². The molecule has 1 aromatic carbocycles. The third kappa shape index (κ3) is 5.04. The summed E-state index contributed by atoms with van der Waals surface area (Å²) in [6, 6.07) is 4.61. The summed E-state index contributed by atoms with van der Waals surface area (Å²) in [5.74, 6) is 0.625. The molecule has 2 fully saturated rings. The summed E-state index contributed by atoms with van der Waals surface area (Å²) in [6.45, 7) is 0. The lowest BCUT2D eigenvalue weighted by Crippen LogP contribution is -2.19. The summed E-state index contributed by atoms with van der Waals surface area (Å²) >= 11 is 1.27. The molecule has 194 valence electrons. The van der Waals surface area contributed by atoms with Crippen molar-refractivity contribution in [1.29, 1.82) is 0 Å². The molecule has 0 aliphatic heterocycles. The molecule has 0 amide bonds. The van der Waals surface area contributed by atoms with Crippen molar-refractivity contribution in [2.75, 3.05) is 30.6 Å². The molecule has 0 spiro atoms. The normalized spacial score (nSPS) is 16.3. The largest absolute Gasteiger partial charge is 0.404 e. The first-order valence-corrected chi connectivity index (χ1v) is 13.5. The summed E-state index contributed by atoms with van der Waals surface area (Å²) in [7, 11) is 3.19. The second-order valence-electron chi connectivity index (χ2n) is 9.38. The van der Waals surface area contributed by atoms with Crippen LogP contribution in [0.15, 0.2) is 34.3 Å². The molecule has 0 atom stereocenters. The first-order valence-electron chi connectivity index (χ1n) is 12.3. The molecule has 0 radical (unpaired) electrons. The van der Waals surface area contributed by atoms with Crippen molar-refractivity contribution in [3.8, 4) is 0 Å². The maximum absolute atomic E-state index is 15.0. The van der Waals surface area contributed by atoms with E-state index in [9.17, 15) is 0 Å². The Labute approximate surface area is 218 Å². The van der Waals surface area contributed by atoms with Crippen molar-refractivity contribution in [2.24, 2.45) is 10.7 Å². The van der Waals surface area contributed by atoms with Gasteiger partial charge in [-0.05, 0) is 50.0 Å². The molecule has 2 aliphatic rings. The summed E-state index contributed by atoms with van der Waals surface area (Å²) < 4.78 is 30.1. The zero-order valence-corrected chi connectivity index (χ0v) is 21.9. The zero-order chi connectivity index (χ0) is 26.1. The first-order chi connectivity index (χ1) is 17.9. The number of hydrogen-bond acceptors (Lipinski definition) is 8. The fourth-order valence-corrected chi connectivity index (χ4v) is 4.98. The number of allylic oxidation sites excluding steroid dienone is 1. The molecule has 8 nitrogen and oxygen atoms in total. The quantitative estimate of drug-likeness (QED) is 0.238. The van der Waals surface area contributed by atoms with E-state index in [2.05, 4.69) is 20.5 Å². The summed E-state index contributed by atoms with van der Waals surface area (Å²) in [5.41, 5.74) is 8.89. The van der Waals surface area contributed by atoms with E-state index < -0.39 is 11.6 Å². The number of aliphatic imine (C=N–C) groups is 1. The number of nitrogens with zero attached hydrogens (tertiary/aromatic N) is 5. The fraction of sp³-hybridized carbons (Fsp3) is 0.385. The minimum atomic E-state index is -0.695. The molecular formula is C26H30F2N8S. The average Bonchev–Trinajstić information content (AvgIpc) is 3.59. The van der Waals surface area contributed by atoms with Gasteiger partial charge in [0.25, 0.3) is 0 Å². The minimum absolute atomic E-state index is 0.121. The summed E-state index contributed by atoms with van der Waals surface area (Å²) in [6.07, 6.45) is 10.3. The molecule has 0 unspecified atom stereocenters. The van der Waals surface area contributed by atoms with Crippen LogP contribution in [-0.4, -0.2) is 46.7 Å². The van der Waals surface area contributed by atoms with Crippen molar-refractivity contribution >= 4 is 46.8 Å². The number of rotatable bonds is 9. The molecule has 0 bridgehead atoms. The van der Waals surface area contributed by atoms with Crippen LogP contribution in [0.4, 0.5) is 32.1 Å². The molecule has 0 saturated heterocycles. The van der Waals surface area contributed by atoms with Crippen LogP contribution in [0.1, 0.15) is 60.9 Å². The van der Waals surface area contributed by atoms with E-state index in [-0.39, 0.29) is 17.6 Å². The Morgan fingerprint density at radius 1 is 1.16 bits per heavy atom. The third-order valence-corrected chi connectivity index (χ3v) is 7.60. The maximum atomic E-state index is 15.0. The van der Waals surface area contributed by atoms with Gasteiger partial charge < -0.3 is 16.0 Å². The zero-order valence-electron chi connectivity index (χ0n) is 21.1. The van der Waals surface area contributed by atoms with Gasteiger partial charge in [0.2, 0.25) is 5.95 Å². The second-order valence-corrected chi connectivity index (χ2v) is 10.3. The minimum Gasteiger partial charge on any atom is -0.404 e. The van der Waals surface area contributed by atoms with E-state index in [4.69, 9.17) is 15.7 Å². The van der Waals surface area contributed by atoms with E-state index >= 15 is 8.78 Å². The Hall–Kier alpha value is -3.47. The van der Waals surface area contributed by atoms with Crippen LogP contribution in [-0.2, 0) is 0 Å². The molecular weight excluding hydrogens is 494 g/mol. The fourth-order valence-electron chi connectivity index (χ4n) is 4.53. The summed E-state index contributed by atoms with van der Waals surface area (Å²) in [4.78, 5) is 15.5. The van der Waals surface area contributed by atoms with Crippen LogP contribution in [0.5, 0.6) is 0 Å². The molecule has 5 rings (SSSR count). The Morgan fingerprint density at radius 2 is 1.89 bits per heavy atom. The van der Waals surface area contributed by atoms with E-state index in [1.165, 1.54) is 41.4 Å². The highest BCUT2D eigenvalue weighted by Gasteiger charge is 2.33. The van der Waals surface area contributed by atoms with Crippen LogP contribution in [0.25, 0.3) is 5.57 Å². The maximum Gasteiger partial charge on any atom is 0.232 e. The molecule has 2 saturated carbocycles. The summed E-state index contributed by atoms with van der Waals surface area (Å²) in [5, 5.41) is 10.9. The Balaban J connectivity index is 1.62. The third-order valence-electron chi connectivity index (χ3n) is 6.89. The molecule has 37 heavy (non-hydrogen) atoms. The molecule has 3 aromatic rings. The number of halogens is 2. The van der Waals surface area contributed by atoms with Crippen molar-refractivity contribution in [3.05, 3.63) is 53.0 Å². The molecule has 4 N–H and O–H groups in total. The average molecular weight is 525 g/mol. The highest BCUT2D eigenvalue weighted by molar-refractivity contribution is 7.98. The Morgan fingerprint density at radius 3 is 2.46 bits per heavy atom. The molecule has 11 heteroatoms. The van der Waals surface area contributed by atoms with E-state index in [0.717, 1.165) is 36.9 Å². The van der Waals surface area contributed by atoms with Gasteiger partial charge in [-0.25, -0.2) is 13.8 Å². The van der Waals surface area contributed by atoms with Gasteiger partial charge in [0, 0.05) is 60.2 Å². The SMILES string of the molecule is CN=C/C(=C\N)c1nc(N(C)c2c(F)cc(SC)cc2F)nc(Nc2cc(C3CCC3)[nH]n2)c1C1CC1. The molecule has 2 aromatic heterocycles. The highest BCUT2D eigenvalue weighted by Crippen LogP contribution is 2.47. The lowest BCUT2D eigenvalue weighted by atomic mass is 9.83. The standard InChI is InChI=1S/C26H30F2N8S/c1-30-13-16(12-29)23-22(15-7-8-15)25(31-21-11-20(34-35-21)14-5-4-6-14)33-26(32-23)36(2)24-18(27)9-17(37-3)10-19(24)28/h9-15H,4-8,29H2,1-3H3,(H2,31,32,33,34,35)/b16-12+,30-13?. The van der Waals surface area contributed by atoms with Gasteiger partial charge in [0.15, 0.2) is 17.5 Å². The molecule has 2 heterocycles. The number of H-pyrrole nitrogens is 1. The second kappa shape index (κ2) is 10.5. The first kappa shape index (κ1) is 25.2. The van der Waals surface area contributed by atoms with Crippen LogP contribution in [0.2, 0.25) is 0 Å². The van der Waals surface area contributed by atoms with Crippen LogP contribution in [0.3, 0.4) is 0 Å². The van der Waals surface area contributed by atoms with Crippen LogP contribution < -0.4 is 16.0 Å². The Kier molecular flexibility index (Phi) is 7.14. The van der Waals surface area contributed by atoms with Crippen LogP contribution >= 0.6 is 11.8 Å². The van der Waals surface area contributed by atoms with Crippen molar-refractivity contribution in [2.45, 2.75) is 48.8 Å². The van der Waals surface area contributed by atoms with Gasteiger partial charge in [-0.3, -0.25) is 10.1 Å². The number of anilines is 4. The topological polar surface area (TPSA) is 108 Å². The Bertz CT molecular complexity index is 1340. The number of nitrogens with one attached hydrogen (secondary N) is 2. The van der Waals surface area contributed by atoms with E-state index in [0.29, 0.717) is 33.7 Å². The van der Waals surface area contributed by atoms with Gasteiger partial charge in [-0.1, -0.05) is 6.42 Å². The van der Waals surface area contributed by atoms with E-state index in [1.54, 1.807) is 26.6 Å². The van der Waals surface area contributed by atoms with Gasteiger partial charge in [0.1, 0.15) is 11.5 Å². The molecule has 2 aliphatic carbocycles. The monoisotopic (exact) mass is 524 g/mol. The number of nitrogens with two attached hydrogens (primary N) is 1. The number of aromatic amines is 1. The number of benzene rings is 1. The number of hydrogen-bond donors (Lipinski definition) is 3. The predicted octanol–water partition coefficient (Wildman–Crippen LogP) is 5.86. The van der Waals surface area contributed by atoms with Gasteiger partial charge in [-0.2, -0.15) is 10.1 Å². The van der Waals surface area contributed by atoms with Crippen LogP contribution in [0, 0.1) is 11.6 Å². The van der Waals surface area contributed by atoms with Crippen molar-refractivity contribution < 1.29 is 8.78 Å². The lowest BCUT2D eigenvalue weighted by Gasteiger charge is -2.23. The van der Waals surface area contributed by atoms with Gasteiger partial charge >= 0.3 is 0 Å². The number of thioether (sulfide) groups is 1. The predicted molar refractivity (Wildman–Crippen MR) is 145 cm³/mol. The number of aromatic nitrogens is 4. The highest BCUT2D eigenvalue weighted by atomic mass is 32.2. The van der Waals surface area contributed by atoms with Crippen molar-refractivity contribution in [1.82, 2.24) is 20.2 Å². The van der Waals surface area contributed by atoms with Gasteiger partial charge in [-0.15, -0.1) is 11.8 Å².